The normalized spacial score (nSPS) is 16.9. The van der Waals surface area contributed by atoms with E-state index in [0.717, 1.165) is 0 Å². The SMILES string of the molecule is NC(=O)c1cc(NC2=NCC(F)CN2)c2cnn(C(C(N)=O)[C@@H](CC(=O)O)c3cc(Br)cc(Br)c3)c2c1. The summed E-state index contributed by atoms with van der Waals surface area (Å²) in [6.45, 7) is 0.0304. The molecule has 0 radical (unpaired) electrons. The second-order valence-electron chi connectivity index (χ2n) is 8.46. The Morgan fingerprint density at radius 1 is 1.19 bits per heavy atom. The van der Waals surface area contributed by atoms with Crippen LogP contribution in [0.5, 0.6) is 0 Å². The van der Waals surface area contributed by atoms with E-state index in [1.807, 2.05) is 0 Å². The van der Waals surface area contributed by atoms with Crippen LogP contribution in [0, 0.1) is 0 Å². The molecule has 0 bridgehead atoms. The molecule has 2 amide bonds. The fourth-order valence-electron chi connectivity index (χ4n) is 4.22. The predicted molar refractivity (Wildman–Crippen MR) is 142 cm³/mol. The summed E-state index contributed by atoms with van der Waals surface area (Å²) < 4.78 is 16.1. The van der Waals surface area contributed by atoms with E-state index in [-0.39, 0.29) is 18.7 Å². The Hall–Kier alpha value is -3.52. The zero-order valence-electron chi connectivity index (χ0n) is 19.1. The molecule has 1 aromatic heterocycles. The fraction of sp³-hybridized carbons (Fsp3) is 0.261. The first-order chi connectivity index (χ1) is 17.5. The predicted octanol–water partition coefficient (Wildman–Crippen LogP) is 2.65. The smallest absolute Gasteiger partial charge is 0.304 e. The second-order valence-corrected chi connectivity index (χ2v) is 10.3. The van der Waals surface area contributed by atoms with Crippen LogP contribution >= 0.6 is 31.9 Å². The molecule has 14 heteroatoms. The van der Waals surface area contributed by atoms with E-state index in [1.165, 1.54) is 23.0 Å². The van der Waals surface area contributed by atoms with Crippen LogP contribution < -0.4 is 22.1 Å². The van der Waals surface area contributed by atoms with Gasteiger partial charge < -0.3 is 27.2 Å². The number of fused-ring (bicyclic) bond motifs is 1. The average molecular weight is 639 g/mol. The van der Waals surface area contributed by atoms with Crippen molar-refractivity contribution in [2.75, 3.05) is 18.4 Å². The third-order valence-corrected chi connectivity index (χ3v) is 6.75. The van der Waals surface area contributed by atoms with Crippen LogP contribution in [0.25, 0.3) is 10.9 Å². The van der Waals surface area contributed by atoms with Crippen molar-refractivity contribution in [1.82, 2.24) is 15.1 Å². The van der Waals surface area contributed by atoms with Crippen molar-refractivity contribution in [3.8, 4) is 0 Å². The van der Waals surface area contributed by atoms with Gasteiger partial charge >= 0.3 is 5.97 Å². The first kappa shape index (κ1) is 26.5. The van der Waals surface area contributed by atoms with E-state index in [4.69, 9.17) is 11.5 Å². The Morgan fingerprint density at radius 3 is 2.46 bits per heavy atom. The number of aliphatic imine (C=N–C) groups is 1. The summed E-state index contributed by atoms with van der Waals surface area (Å²) in [4.78, 5) is 40.9. The number of rotatable bonds is 8. The maximum atomic E-state index is 13.5. The number of hydrogen-bond acceptors (Lipinski definition) is 7. The number of hydrogen-bond donors (Lipinski definition) is 5. The van der Waals surface area contributed by atoms with E-state index < -0.39 is 42.3 Å². The quantitative estimate of drug-likeness (QED) is 0.252. The monoisotopic (exact) mass is 637 g/mol. The molecule has 2 heterocycles. The minimum atomic E-state index is -1.23. The van der Waals surface area contributed by atoms with Crippen molar-refractivity contribution in [3.63, 3.8) is 0 Å². The van der Waals surface area contributed by atoms with Crippen molar-refractivity contribution in [1.29, 1.82) is 0 Å². The summed E-state index contributed by atoms with van der Waals surface area (Å²) in [5, 5.41) is 20.4. The molecular weight excluding hydrogens is 617 g/mol. The number of carbonyl (C=O) groups is 3. The number of guanidine groups is 1. The number of halogens is 3. The van der Waals surface area contributed by atoms with Gasteiger partial charge in [0.25, 0.3) is 0 Å². The van der Waals surface area contributed by atoms with Gasteiger partial charge in [-0.25, -0.2) is 9.38 Å². The number of benzene rings is 2. The van der Waals surface area contributed by atoms with Gasteiger partial charge in [-0.15, -0.1) is 0 Å². The van der Waals surface area contributed by atoms with Gasteiger partial charge in [0.2, 0.25) is 11.8 Å². The lowest BCUT2D eigenvalue weighted by Gasteiger charge is -2.26. The third kappa shape index (κ3) is 5.91. The molecule has 3 aromatic rings. The van der Waals surface area contributed by atoms with Gasteiger partial charge in [-0.3, -0.25) is 19.1 Å². The van der Waals surface area contributed by atoms with Gasteiger partial charge in [0, 0.05) is 25.8 Å². The van der Waals surface area contributed by atoms with Crippen LogP contribution in [0.3, 0.4) is 0 Å². The summed E-state index contributed by atoms with van der Waals surface area (Å²) in [5.74, 6) is -3.32. The minimum absolute atomic E-state index is 0.0317. The maximum Gasteiger partial charge on any atom is 0.304 e. The van der Waals surface area contributed by atoms with Crippen LogP contribution in [0.15, 0.2) is 50.5 Å². The van der Waals surface area contributed by atoms with Gasteiger partial charge in [0.15, 0.2) is 5.96 Å². The second kappa shape index (κ2) is 10.8. The highest BCUT2D eigenvalue weighted by Gasteiger charge is 2.34. The molecule has 11 nitrogen and oxygen atoms in total. The topological polar surface area (TPSA) is 178 Å². The molecule has 0 fully saturated rings. The molecular formula is C23H22Br2FN7O4. The molecule has 0 aliphatic carbocycles. The standard InChI is InChI=1S/C23H22Br2FN7O4/c24-12-1-10(2-13(25)5-12)15(6-19(34)35)20(22(28)37)33-18-4-11(21(27)36)3-17(16(18)9-31-33)32-23-29-7-14(26)8-30-23/h1-5,9,14-15,20H,6-8H2,(H2,27,36)(H2,28,37)(H,34,35)(H2,29,30,32)/t15-,20?/m0/s1. The molecule has 4 rings (SSSR count). The molecule has 0 saturated heterocycles. The summed E-state index contributed by atoms with van der Waals surface area (Å²) >= 11 is 6.78. The van der Waals surface area contributed by atoms with Crippen molar-refractivity contribution in [2.45, 2.75) is 24.6 Å². The molecule has 3 atom stereocenters. The number of amides is 2. The number of nitrogens with zero attached hydrogens (tertiary/aromatic N) is 3. The number of aromatic nitrogens is 2. The number of primary amides is 2. The number of anilines is 1. The number of nitrogens with two attached hydrogens (primary N) is 2. The van der Waals surface area contributed by atoms with Crippen molar-refractivity contribution in [3.05, 3.63) is 56.6 Å². The van der Waals surface area contributed by atoms with E-state index in [0.29, 0.717) is 37.1 Å². The highest BCUT2D eigenvalue weighted by molar-refractivity contribution is 9.11. The van der Waals surface area contributed by atoms with Gasteiger partial charge in [-0.05, 0) is 35.9 Å². The van der Waals surface area contributed by atoms with Crippen LogP contribution in [-0.4, -0.2) is 57.9 Å². The highest BCUT2D eigenvalue weighted by atomic mass is 79.9. The molecule has 37 heavy (non-hydrogen) atoms. The molecule has 7 N–H and O–H groups in total. The van der Waals surface area contributed by atoms with Gasteiger partial charge in [0.05, 0.1) is 36.9 Å². The van der Waals surface area contributed by atoms with Crippen LogP contribution in [0.1, 0.15) is 34.3 Å². The molecule has 2 unspecified atom stereocenters. The Kier molecular flexibility index (Phi) is 7.78. The molecule has 194 valence electrons. The molecule has 0 saturated carbocycles. The molecule has 1 aliphatic heterocycles. The van der Waals surface area contributed by atoms with Crippen molar-refractivity contribution < 1.29 is 23.9 Å². The van der Waals surface area contributed by atoms with E-state index >= 15 is 0 Å². The first-order valence-corrected chi connectivity index (χ1v) is 12.6. The lowest BCUT2D eigenvalue weighted by Crippen LogP contribution is -2.41. The fourth-order valence-corrected chi connectivity index (χ4v) is 5.55. The summed E-state index contributed by atoms with van der Waals surface area (Å²) in [5.41, 5.74) is 12.7. The molecule has 2 aromatic carbocycles. The number of nitrogens with one attached hydrogen (secondary N) is 2. The van der Waals surface area contributed by atoms with Crippen LogP contribution in [0.2, 0.25) is 0 Å². The number of alkyl halides is 1. The third-order valence-electron chi connectivity index (χ3n) is 5.84. The zero-order valence-corrected chi connectivity index (χ0v) is 22.3. The summed E-state index contributed by atoms with van der Waals surface area (Å²) in [7, 11) is 0. The van der Waals surface area contributed by atoms with Crippen molar-refractivity contribution in [2.24, 2.45) is 16.5 Å². The van der Waals surface area contributed by atoms with Gasteiger partial charge in [-0.2, -0.15) is 5.10 Å². The molecule has 1 aliphatic rings. The molecule has 0 spiro atoms. The number of carbonyl (C=O) groups excluding carboxylic acids is 2. The van der Waals surface area contributed by atoms with Crippen molar-refractivity contribution >= 4 is 72.2 Å². The Bertz CT molecular complexity index is 1410. The summed E-state index contributed by atoms with van der Waals surface area (Å²) in [6.07, 6.45) is -0.0938. The van der Waals surface area contributed by atoms with Gasteiger partial charge in [0.1, 0.15) is 12.2 Å². The minimum Gasteiger partial charge on any atom is -0.481 e. The number of carboxylic acids is 1. The average Bonchev–Trinajstić information content (AvgIpc) is 3.23. The van der Waals surface area contributed by atoms with E-state index in [1.54, 1.807) is 18.2 Å². The lowest BCUT2D eigenvalue weighted by atomic mass is 9.88. The van der Waals surface area contributed by atoms with Gasteiger partial charge in [-0.1, -0.05) is 31.9 Å². The van der Waals surface area contributed by atoms with E-state index in [9.17, 15) is 23.9 Å². The van der Waals surface area contributed by atoms with E-state index in [2.05, 4.69) is 52.6 Å². The maximum absolute atomic E-state index is 13.5. The van der Waals surface area contributed by atoms with Crippen LogP contribution in [-0.2, 0) is 9.59 Å². The Labute approximate surface area is 226 Å². The Balaban J connectivity index is 1.87. The number of carboxylic acid groups (broad SMARTS) is 1. The Morgan fingerprint density at radius 2 is 1.89 bits per heavy atom. The highest BCUT2D eigenvalue weighted by Crippen LogP contribution is 2.37. The lowest BCUT2D eigenvalue weighted by molar-refractivity contribution is -0.138. The largest absolute Gasteiger partial charge is 0.481 e. The van der Waals surface area contributed by atoms with Crippen LogP contribution in [0.4, 0.5) is 10.1 Å². The number of aliphatic carboxylic acids is 1. The summed E-state index contributed by atoms with van der Waals surface area (Å²) in [6, 6.07) is 6.88. The zero-order chi connectivity index (χ0) is 26.9. The first-order valence-electron chi connectivity index (χ1n) is 11.0.